The van der Waals surface area contributed by atoms with Gasteiger partial charge in [-0.3, -0.25) is 4.68 Å². The fourth-order valence-corrected chi connectivity index (χ4v) is 1.89. The Hall–Kier alpha value is -2.50. The van der Waals surface area contributed by atoms with Crippen molar-refractivity contribution in [2.24, 2.45) is 0 Å². The zero-order valence-electron chi connectivity index (χ0n) is 8.27. The molecule has 3 rings (SSSR count). The Morgan fingerprint density at radius 3 is 2.88 bits per heavy atom. The van der Waals surface area contributed by atoms with E-state index in [1.165, 1.54) is 4.68 Å². The fraction of sp³-hybridized carbons (Fsp3) is 0. The minimum Gasteiger partial charge on any atom is -0.383 e. The molecule has 0 aliphatic rings. The number of hydrogen-bond acceptors (Lipinski definition) is 4. The van der Waals surface area contributed by atoms with E-state index in [9.17, 15) is 4.79 Å². The van der Waals surface area contributed by atoms with Gasteiger partial charge in [0.25, 0.3) is 0 Å². The van der Waals surface area contributed by atoms with Crippen LogP contribution >= 0.6 is 0 Å². The summed E-state index contributed by atoms with van der Waals surface area (Å²) in [5, 5.41) is 1.57. The van der Waals surface area contributed by atoms with Gasteiger partial charge in [-0.15, -0.1) is 0 Å². The number of nitrogens with zero attached hydrogens (tertiary/aromatic N) is 2. The summed E-state index contributed by atoms with van der Waals surface area (Å²) in [5.74, 6) is 5.95. The predicted octanol–water partition coefficient (Wildman–Crippen LogP) is 0.174. The summed E-state index contributed by atoms with van der Waals surface area (Å²) in [6.07, 6.45) is 1.72. The number of H-pyrrole nitrogens is 1. The van der Waals surface area contributed by atoms with Gasteiger partial charge in [-0.25, -0.2) is 4.79 Å². The molecule has 16 heavy (non-hydrogen) atoms. The maximum absolute atomic E-state index is 11.3. The Bertz CT molecular complexity index is 755. The second-order valence-electron chi connectivity index (χ2n) is 3.57. The van der Waals surface area contributed by atoms with Gasteiger partial charge in [0, 0.05) is 17.0 Å². The van der Waals surface area contributed by atoms with Crippen molar-refractivity contribution >= 4 is 27.6 Å². The molecule has 0 unspecified atom stereocenters. The van der Waals surface area contributed by atoms with Crippen molar-refractivity contribution in [2.75, 3.05) is 11.6 Å². The van der Waals surface area contributed by atoms with Crippen molar-refractivity contribution in [2.45, 2.75) is 0 Å². The molecule has 6 heteroatoms. The van der Waals surface area contributed by atoms with Gasteiger partial charge >= 0.3 is 5.69 Å². The number of aromatic amines is 1. The van der Waals surface area contributed by atoms with Crippen LogP contribution in [0.3, 0.4) is 0 Å². The summed E-state index contributed by atoms with van der Waals surface area (Å²) in [6, 6.07) is 5.46. The molecule has 0 saturated carbocycles. The molecule has 0 aliphatic heterocycles. The summed E-state index contributed by atoms with van der Waals surface area (Å²) in [6.45, 7) is 0. The van der Waals surface area contributed by atoms with Crippen molar-refractivity contribution in [3.8, 4) is 0 Å². The number of hydrogen-bond donors (Lipinski definition) is 3. The number of anilines is 1. The standard InChI is InChI=1S/C10H9N5O/c11-9-6-1-2-7-5(3-4-15(7)12)8(6)13-10(16)14-9/h1-4H,12H2,(H3,11,13,14,16). The molecule has 0 spiro atoms. The quantitative estimate of drug-likeness (QED) is 0.465. The first-order chi connectivity index (χ1) is 7.66. The van der Waals surface area contributed by atoms with E-state index in [2.05, 4.69) is 9.97 Å². The maximum atomic E-state index is 11.3. The third kappa shape index (κ3) is 1.01. The summed E-state index contributed by atoms with van der Waals surface area (Å²) in [4.78, 5) is 17.6. The number of aromatic nitrogens is 3. The molecular weight excluding hydrogens is 206 g/mol. The number of nitrogens with two attached hydrogens (primary N) is 2. The molecule has 0 aliphatic carbocycles. The van der Waals surface area contributed by atoms with E-state index in [0.29, 0.717) is 5.52 Å². The molecular formula is C10H9N5O. The topological polar surface area (TPSA) is 103 Å². The Labute approximate surface area is 89.5 Å². The molecule has 80 valence electrons. The molecule has 1 aromatic carbocycles. The van der Waals surface area contributed by atoms with Crippen LogP contribution in [0.15, 0.2) is 29.2 Å². The smallest absolute Gasteiger partial charge is 0.347 e. The van der Waals surface area contributed by atoms with Gasteiger partial charge < -0.3 is 16.6 Å². The van der Waals surface area contributed by atoms with E-state index in [1.54, 1.807) is 12.3 Å². The third-order valence-electron chi connectivity index (χ3n) is 2.63. The van der Waals surface area contributed by atoms with Gasteiger partial charge in [0.05, 0.1) is 11.0 Å². The van der Waals surface area contributed by atoms with Crippen molar-refractivity contribution in [1.29, 1.82) is 0 Å². The molecule has 6 nitrogen and oxygen atoms in total. The first kappa shape index (κ1) is 8.78. The number of nitrogens with one attached hydrogen (secondary N) is 1. The van der Waals surface area contributed by atoms with Gasteiger partial charge in [-0.05, 0) is 18.2 Å². The summed E-state index contributed by atoms with van der Waals surface area (Å²) >= 11 is 0. The minimum atomic E-state index is -0.456. The molecule has 0 fully saturated rings. The molecule has 0 bridgehead atoms. The molecule has 5 N–H and O–H groups in total. The second-order valence-corrected chi connectivity index (χ2v) is 3.57. The van der Waals surface area contributed by atoms with Crippen molar-refractivity contribution in [3.63, 3.8) is 0 Å². The molecule has 2 heterocycles. The third-order valence-corrected chi connectivity index (χ3v) is 2.63. The SMILES string of the molecule is Nc1nc(=O)[nH]c2c1ccc1c2ccn1N. The van der Waals surface area contributed by atoms with E-state index in [0.717, 1.165) is 16.3 Å². The van der Waals surface area contributed by atoms with Crippen molar-refractivity contribution < 1.29 is 0 Å². The maximum Gasteiger partial charge on any atom is 0.347 e. The number of rotatable bonds is 0. The average Bonchev–Trinajstić information content (AvgIpc) is 2.60. The average molecular weight is 215 g/mol. The van der Waals surface area contributed by atoms with Crippen molar-refractivity contribution in [3.05, 3.63) is 34.9 Å². The van der Waals surface area contributed by atoms with Crippen LogP contribution < -0.4 is 17.3 Å². The van der Waals surface area contributed by atoms with Crippen LogP contribution in [0.1, 0.15) is 0 Å². The Morgan fingerprint density at radius 2 is 2.06 bits per heavy atom. The predicted molar refractivity (Wildman–Crippen MR) is 62.4 cm³/mol. The number of nitrogen functional groups attached to an aromatic ring is 2. The lowest BCUT2D eigenvalue weighted by Gasteiger charge is -2.02. The Morgan fingerprint density at radius 1 is 1.25 bits per heavy atom. The van der Waals surface area contributed by atoms with Gasteiger partial charge in [-0.1, -0.05) is 0 Å². The van der Waals surface area contributed by atoms with Crippen LogP contribution in [0.5, 0.6) is 0 Å². The van der Waals surface area contributed by atoms with Crippen molar-refractivity contribution in [1.82, 2.24) is 14.6 Å². The number of benzene rings is 1. The highest BCUT2D eigenvalue weighted by Crippen LogP contribution is 2.24. The Balaban J connectivity index is 2.65. The van der Waals surface area contributed by atoms with Crippen LogP contribution in [-0.2, 0) is 0 Å². The lowest BCUT2D eigenvalue weighted by Crippen LogP contribution is -2.13. The second kappa shape index (κ2) is 2.75. The van der Waals surface area contributed by atoms with Crippen LogP contribution in [0.25, 0.3) is 21.8 Å². The monoisotopic (exact) mass is 215 g/mol. The Kier molecular flexibility index (Phi) is 1.51. The highest BCUT2D eigenvalue weighted by atomic mass is 16.1. The van der Waals surface area contributed by atoms with Gasteiger partial charge in [0.15, 0.2) is 0 Å². The normalized spacial score (nSPS) is 11.2. The fourth-order valence-electron chi connectivity index (χ4n) is 1.89. The van der Waals surface area contributed by atoms with E-state index in [-0.39, 0.29) is 5.82 Å². The van der Waals surface area contributed by atoms with Gasteiger partial charge in [-0.2, -0.15) is 4.98 Å². The molecule has 2 aromatic heterocycles. The molecule has 3 aromatic rings. The van der Waals surface area contributed by atoms with Crippen LogP contribution in [-0.4, -0.2) is 14.6 Å². The van der Waals surface area contributed by atoms with Gasteiger partial charge in [0.2, 0.25) is 0 Å². The summed E-state index contributed by atoms with van der Waals surface area (Å²) < 4.78 is 1.49. The van der Waals surface area contributed by atoms with E-state index in [1.807, 2.05) is 12.1 Å². The van der Waals surface area contributed by atoms with Gasteiger partial charge in [0.1, 0.15) is 5.82 Å². The summed E-state index contributed by atoms with van der Waals surface area (Å²) in [5.41, 5.74) is 6.72. The summed E-state index contributed by atoms with van der Waals surface area (Å²) in [7, 11) is 0. The molecule has 0 amide bonds. The lowest BCUT2D eigenvalue weighted by molar-refractivity contribution is 1.07. The van der Waals surface area contributed by atoms with E-state index in [4.69, 9.17) is 11.6 Å². The van der Waals surface area contributed by atoms with Crippen LogP contribution in [0, 0.1) is 0 Å². The van der Waals surface area contributed by atoms with E-state index >= 15 is 0 Å². The zero-order valence-corrected chi connectivity index (χ0v) is 8.27. The highest BCUT2D eigenvalue weighted by molar-refractivity contribution is 6.07. The van der Waals surface area contributed by atoms with Crippen LogP contribution in [0.2, 0.25) is 0 Å². The number of fused-ring (bicyclic) bond motifs is 3. The van der Waals surface area contributed by atoms with E-state index < -0.39 is 5.69 Å². The van der Waals surface area contributed by atoms with Crippen LogP contribution in [0.4, 0.5) is 5.82 Å². The first-order valence-electron chi connectivity index (χ1n) is 4.71. The molecule has 0 atom stereocenters. The first-order valence-corrected chi connectivity index (χ1v) is 4.71. The largest absolute Gasteiger partial charge is 0.383 e. The molecule has 0 radical (unpaired) electrons. The molecule has 0 saturated heterocycles. The minimum absolute atomic E-state index is 0.227. The lowest BCUT2D eigenvalue weighted by atomic mass is 10.1. The highest BCUT2D eigenvalue weighted by Gasteiger charge is 2.07. The zero-order chi connectivity index (χ0) is 11.3.